The predicted molar refractivity (Wildman–Crippen MR) is 113 cm³/mol. The molecular formula is C22H25N5O2. The summed E-state index contributed by atoms with van der Waals surface area (Å²) in [5.74, 6) is -0.0997. The number of piperazine rings is 1. The van der Waals surface area contributed by atoms with Crippen molar-refractivity contribution in [3.05, 3.63) is 63.9 Å². The summed E-state index contributed by atoms with van der Waals surface area (Å²) in [4.78, 5) is 29.9. The zero-order valence-electron chi connectivity index (χ0n) is 17.0. The van der Waals surface area contributed by atoms with E-state index >= 15 is 0 Å². The Labute approximate surface area is 169 Å². The van der Waals surface area contributed by atoms with Crippen LogP contribution in [0.2, 0.25) is 0 Å². The van der Waals surface area contributed by atoms with E-state index in [-0.39, 0.29) is 11.5 Å². The summed E-state index contributed by atoms with van der Waals surface area (Å²) in [6.45, 7) is 8.72. The first-order chi connectivity index (χ1) is 14.0. The third-order valence-corrected chi connectivity index (χ3v) is 5.82. The van der Waals surface area contributed by atoms with Crippen LogP contribution in [0.15, 0.2) is 47.3 Å². The summed E-state index contributed by atoms with van der Waals surface area (Å²) in [7, 11) is 0. The largest absolute Gasteiger partial charge is 0.368 e. The Kier molecular flexibility index (Phi) is 5.05. The lowest BCUT2D eigenvalue weighted by Gasteiger charge is -2.38. The fourth-order valence-electron chi connectivity index (χ4n) is 3.87. The Hall–Kier alpha value is -3.22. The number of aryl methyl sites for hydroxylation is 1. The van der Waals surface area contributed by atoms with Crippen LogP contribution in [0.4, 0.5) is 5.69 Å². The molecule has 0 saturated carbocycles. The van der Waals surface area contributed by atoms with Crippen molar-refractivity contribution in [1.82, 2.24) is 19.9 Å². The molecule has 0 N–H and O–H groups in total. The van der Waals surface area contributed by atoms with Crippen LogP contribution in [0, 0.1) is 13.8 Å². The van der Waals surface area contributed by atoms with Gasteiger partial charge in [-0.3, -0.25) is 9.59 Å². The van der Waals surface area contributed by atoms with Crippen LogP contribution in [0.3, 0.4) is 0 Å². The van der Waals surface area contributed by atoms with Gasteiger partial charge in [0.05, 0.1) is 5.39 Å². The van der Waals surface area contributed by atoms with Gasteiger partial charge < -0.3 is 9.80 Å². The van der Waals surface area contributed by atoms with E-state index in [9.17, 15) is 9.59 Å². The van der Waals surface area contributed by atoms with Crippen LogP contribution in [0.5, 0.6) is 0 Å². The zero-order valence-corrected chi connectivity index (χ0v) is 17.0. The van der Waals surface area contributed by atoms with Gasteiger partial charge in [0.25, 0.3) is 5.56 Å². The SMILES string of the molecule is Cc1cccc(N2CCN(C(=O)[C@H](C)n3nnc4ccccc4c3=O)CC2)c1C. The van der Waals surface area contributed by atoms with Crippen molar-refractivity contribution in [3.8, 4) is 0 Å². The molecule has 0 radical (unpaired) electrons. The number of aromatic nitrogens is 3. The third kappa shape index (κ3) is 3.48. The van der Waals surface area contributed by atoms with Crippen LogP contribution >= 0.6 is 0 Å². The van der Waals surface area contributed by atoms with E-state index in [0.29, 0.717) is 24.0 Å². The molecule has 2 aromatic carbocycles. The number of carbonyl (C=O) groups is 1. The molecule has 1 aromatic heterocycles. The number of hydrogen-bond acceptors (Lipinski definition) is 5. The molecule has 29 heavy (non-hydrogen) atoms. The molecule has 4 rings (SSSR count). The molecule has 0 spiro atoms. The maximum atomic E-state index is 13.0. The standard InChI is InChI=1S/C22H25N5O2/c1-15-7-6-10-20(16(15)2)25-11-13-26(14-12-25)21(28)17(3)27-22(29)18-8-4-5-9-19(18)23-24-27/h4-10,17H,11-14H2,1-3H3/t17-/m0/s1. The summed E-state index contributed by atoms with van der Waals surface area (Å²) < 4.78 is 1.20. The minimum absolute atomic E-state index is 0.0997. The number of amides is 1. The second-order valence-corrected chi connectivity index (χ2v) is 7.56. The Morgan fingerprint density at radius 2 is 1.72 bits per heavy atom. The third-order valence-electron chi connectivity index (χ3n) is 5.82. The number of anilines is 1. The van der Waals surface area contributed by atoms with Gasteiger partial charge in [0, 0.05) is 31.9 Å². The molecule has 7 heteroatoms. The van der Waals surface area contributed by atoms with E-state index in [1.165, 1.54) is 21.5 Å². The highest BCUT2D eigenvalue weighted by Crippen LogP contribution is 2.24. The lowest BCUT2D eigenvalue weighted by molar-refractivity contribution is -0.135. The molecule has 0 bridgehead atoms. The molecule has 1 aliphatic heterocycles. The Bertz CT molecular complexity index is 1120. The molecule has 2 heterocycles. The van der Waals surface area contributed by atoms with E-state index in [1.807, 2.05) is 11.0 Å². The lowest BCUT2D eigenvalue weighted by Crippen LogP contribution is -2.51. The van der Waals surface area contributed by atoms with Crippen LogP contribution in [-0.2, 0) is 4.79 Å². The normalized spacial score (nSPS) is 15.6. The van der Waals surface area contributed by atoms with Crippen molar-refractivity contribution in [2.75, 3.05) is 31.1 Å². The minimum Gasteiger partial charge on any atom is -0.368 e. The van der Waals surface area contributed by atoms with E-state index in [4.69, 9.17) is 0 Å². The number of rotatable bonds is 3. The summed E-state index contributed by atoms with van der Waals surface area (Å²) in [6, 6.07) is 12.7. The average molecular weight is 391 g/mol. The first-order valence-corrected chi connectivity index (χ1v) is 9.91. The maximum Gasteiger partial charge on any atom is 0.278 e. The molecule has 1 amide bonds. The van der Waals surface area contributed by atoms with Crippen molar-refractivity contribution in [2.45, 2.75) is 26.8 Å². The average Bonchev–Trinajstić information content (AvgIpc) is 2.75. The van der Waals surface area contributed by atoms with Crippen LogP contribution in [-0.4, -0.2) is 52.0 Å². The zero-order chi connectivity index (χ0) is 20.5. The van der Waals surface area contributed by atoms with Crippen molar-refractivity contribution in [1.29, 1.82) is 0 Å². The van der Waals surface area contributed by atoms with E-state index in [1.54, 1.807) is 25.1 Å². The molecule has 3 aromatic rings. The smallest absolute Gasteiger partial charge is 0.278 e. The van der Waals surface area contributed by atoms with Crippen LogP contribution in [0.1, 0.15) is 24.1 Å². The molecule has 0 aliphatic carbocycles. The van der Waals surface area contributed by atoms with Gasteiger partial charge in [-0.05, 0) is 50.1 Å². The number of hydrogen-bond donors (Lipinski definition) is 0. The van der Waals surface area contributed by atoms with E-state index < -0.39 is 6.04 Å². The van der Waals surface area contributed by atoms with Gasteiger partial charge in [0.15, 0.2) is 0 Å². The first-order valence-electron chi connectivity index (χ1n) is 9.91. The van der Waals surface area contributed by atoms with Crippen LogP contribution in [0.25, 0.3) is 10.9 Å². The Balaban J connectivity index is 1.49. The summed E-state index contributed by atoms with van der Waals surface area (Å²) >= 11 is 0. The van der Waals surface area contributed by atoms with Gasteiger partial charge in [0.1, 0.15) is 11.6 Å². The highest BCUT2D eigenvalue weighted by Gasteiger charge is 2.28. The van der Waals surface area contributed by atoms with E-state index in [2.05, 4.69) is 47.3 Å². The van der Waals surface area contributed by atoms with Gasteiger partial charge in [-0.1, -0.05) is 29.5 Å². The number of benzene rings is 2. The predicted octanol–water partition coefficient (Wildman–Crippen LogP) is 2.32. The summed E-state index contributed by atoms with van der Waals surface area (Å²) in [5, 5.41) is 8.57. The topological polar surface area (TPSA) is 71.3 Å². The second-order valence-electron chi connectivity index (χ2n) is 7.56. The highest BCUT2D eigenvalue weighted by molar-refractivity contribution is 5.81. The first kappa shape index (κ1) is 19.1. The van der Waals surface area contributed by atoms with Crippen molar-refractivity contribution in [3.63, 3.8) is 0 Å². The summed E-state index contributed by atoms with van der Waals surface area (Å²) in [5.41, 5.74) is 4.02. The molecule has 1 fully saturated rings. The molecule has 1 saturated heterocycles. The fraction of sp³-hybridized carbons (Fsp3) is 0.364. The van der Waals surface area contributed by atoms with Crippen LogP contribution < -0.4 is 10.5 Å². The number of fused-ring (bicyclic) bond motifs is 1. The van der Waals surface area contributed by atoms with Gasteiger partial charge in [0.2, 0.25) is 5.91 Å². The van der Waals surface area contributed by atoms with Crippen molar-refractivity contribution < 1.29 is 4.79 Å². The molecular weight excluding hydrogens is 366 g/mol. The molecule has 150 valence electrons. The van der Waals surface area contributed by atoms with Crippen molar-refractivity contribution >= 4 is 22.5 Å². The maximum absolute atomic E-state index is 13.0. The molecule has 7 nitrogen and oxygen atoms in total. The lowest BCUT2D eigenvalue weighted by atomic mass is 10.1. The van der Waals surface area contributed by atoms with Gasteiger partial charge >= 0.3 is 0 Å². The molecule has 1 atom stereocenters. The van der Waals surface area contributed by atoms with Crippen molar-refractivity contribution in [2.24, 2.45) is 0 Å². The Morgan fingerprint density at radius 1 is 1.00 bits per heavy atom. The second kappa shape index (κ2) is 7.66. The number of carbonyl (C=O) groups excluding carboxylic acids is 1. The monoisotopic (exact) mass is 391 g/mol. The molecule has 0 unspecified atom stereocenters. The molecule has 1 aliphatic rings. The number of nitrogens with zero attached hydrogens (tertiary/aromatic N) is 5. The quantitative estimate of drug-likeness (QED) is 0.685. The van der Waals surface area contributed by atoms with E-state index in [0.717, 1.165) is 13.1 Å². The van der Waals surface area contributed by atoms with Gasteiger partial charge in [-0.25, -0.2) is 0 Å². The Morgan fingerprint density at radius 3 is 2.48 bits per heavy atom. The summed E-state index contributed by atoms with van der Waals surface area (Å²) in [6.07, 6.45) is 0. The highest BCUT2D eigenvalue weighted by atomic mass is 16.2. The van der Waals surface area contributed by atoms with Gasteiger partial charge in [-0.15, -0.1) is 5.10 Å². The fourth-order valence-corrected chi connectivity index (χ4v) is 3.87. The van der Waals surface area contributed by atoms with Gasteiger partial charge in [-0.2, -0.15) is 4.68 Å². The minimum atomic E-state index is -0.688.